The summed E-state index contributed by atoms with van der Waals surface area (Å²) in [5, 5.41) is 0.791. The summed E-state index contributed by atoms with van der Waals surface area (Å²) in [4.78, 5) is 1.14. The van der Waals surface area contributed by atoms with Crippen molar-refractivity contribution in [2.75, 3.05) is 7.05 Å². The first-order chi connectivity index (χ1) is 9.55. The van der Waals surface area contributed by atoms with Crippen molar-refractivity contribution in [1.82, 2.24) is 4.31 Å². The largest absolute Gasteiger partial charge is 0.244 e. The lowest BCUT2D eigenvalue weighted by molar-refractivity contribution is 0.250. The minimum Gasteiger partial charge on any atom is -0.207 e. The Hall–Kier alpha value is -0.620. The summed E-state index contributed by atoms with van der Waals surface area (Å²) in [6.45, 7) is 0. The summed E-state index contributed by atoms with van der Waals surface area (Å²) in [5.74, 6) is 0.229. The van der Waals surface area contributed by atoms with Gasteiger partial charge in [-0.3, -0.25) is 0 Å². The molecule has 3 nitrogen and oxygen atoms in total. The van der Waals surface area contributed by atoms with Crippen LogP contribution in [-0.4, -0.2) is 25.8 Å². The van der Waals surface area contributed by atoms with Crippen LogP contribution in [0, 0.1) is 0 Å². The highest BCUT2D eigenvalue weighted by molar-refractivity contribution is 7.89. The second-order valence-electron chi connectivity index (χ2n) is 5.09. The summed E-state index contributed by atoms with van der Waals surface area (Å²) in [5.41, 5.74) is 0. The van der Waals surface area contributed by atoms with Crippen molar-refractivity contribution >= 4 is 43.0 Å². The van der Waals surface area contributed by atoms with Gasteiger partial charge in [-0.15, -0.1) is 22.9 Å². The average Bonchev–Trinajstić information content (AvgIpc) is 2.75. The maximum absolute atomic E-state index is 12.9. The van der Waals surface area contributed by atoms with Crippen LogP contribution in [0.25, 0.3) is 10.1 Å². The van der Waals surface area contributed by atoms with Gasteiger partial charge in [0.15, 0.2) is 0 Å². The molecule has 1 aliphatic rings. The lowest BCUT2D eigenvalue weighted by atomic mass is 9.94. The molecule has 20 heavy (non-hydrogen) atoms. The summed E-state index contributed by atoms with van der Waals surface area (Å²) < 4.78 is 28.3. The van der Waals surface area contributed by atoms with Gasteiger partial charge in [-0.2, -0.15) is 4.31 Å². The summed E-state index contributed by atoms with van der Waals surface area (Å²) >= 11 is 7.44. The Kier molecular flexibility index (Phi) is 3.79. The molecule has 0 amide bonds. The zero-order valence-electron chi connectivity index (χ0n) is 11.2. The van der Waals surface area contributed by atoms with E-state index in [9.17, 15) is 8.42 Å². The van der Waals surface area contributed by atoms with Crippen molar-refractivity contribution in [1.29, 1.82) is 0 Å². The van der Waals surface area contributed by atoms with E-state index in [0.717, 1.165) is 34.2 Å². The molecule has 0 saturated heterocycles. The molecule has 0 aliphatic heterocycles. The minimum absolute atomic E-state index is 0.141. The normalized spacial score (nSPS) is 16.8. The minimum atomic E-state index is -3.47. The van der Waals surface area contributed by atoms with Gasteiger partial charge in [0.05, 0.1) is 5.88 Å². The van der Waals surface area contributed by atoms with E-state index in [2.05, 4.69) is 0 Å². The second-order valence-corrected chi connectivity index (χ2v) is 8.43. The number of hydrogen-bond acceptors (Lipinski definition) is 3. The van der Waals surface area contributed by atoms with E-state index in [1.165, 1.54) is 15.6 Å². The molecule has 2 aromatic rings. The third-order valence-electron chi connectivity index (χ3n) is 3.97. The van der Waals surface area contributed by atoms with Crippen molar-refractivity contribution in [2.45, 2.75) is 36.1 Å². The van der Waals surface area contributed by atoms with Gasteiger partial charge in [0.1, 0.15) is 4.90 Å². The Balaban J connectivity index is 2.17. The highest BCUT2D eigenvalue weighted by atomic mass is 35.5. The summed E-state index contributed by atoms with van der Waals surface area (Å²) in [6.07, 6.45) is 3.01. The molecule has 1 aromatic heterocycles. The fraction of sp³-hybridized carbons (Fsp3) is 0.429. The lowest BCUT2D eigenvalue weighted by Gasteiger charge is -2.33. The van der Waals surface area contributed by atoms with E-state index in [4.69, 9.17) is 11.6 Å². The first-order valence-electron chi connectivity index (χ1n) is 6.60. The van der Waals surface area contributed by atoms with Crippen molar-refractivity contribution < 1.29 is 8.42 Å². The molecule has 0 unspecified atom stereocenters. The average molecular weight is 330 g/mol. The number of alkyl halides is 1. The van der Waals surface area contributed by atoms with Crippen molar-refractivity contribution in [3.63, 3.8) is 0 Å². The van der Waals surface area contributed by atoms with Gasteiger partial charge >= 0.3 is 0 Å². The van der Waals surface area contributed by atoms with Crippen LogP contribution < -0.4 is 0 Å². The van der Waals surface area contributed by atoms with E-state index in [0.29, 0.717) is 4.90 Å². The molecule has 0 atom stereocenters. The smallest absolute Gasteiger partial charge is 0.207 e. The predicted molar refractivity (Wildman–Crippen MR) is 84.0 cm³/mol. The quantitative estimate of drug-likeness (QED) is 0.800. The number of halogens is 1. The number of benzene rings is 1. The summed E-state index contributed by atoms with van der Waals surface area (Å²) in [7, 11) is -1.78. The van der Waals surface area contributed by atoms with Crippen molar-refractivity contribution in [3.8, 4) is 0 Å². The molecule has 3 rings (SSSR count). The molecule has 1 saturated carbocycles. The molecule has 1 fully saturated rings. The molecule has 1 heterocycles. The SMILES string of the molecule is CN(C1CCC1)S(=O)(=O)c1c(CCl)sc2ccccc12. The van der Waals surface area contributed by atoms with E-state index in [-0.39, 0.29) is 11.9 Å². The van der Waals surface area contributed by atoms with Crippen LogP contribution in [0.15, 0.2) is 29.2 Å². The van der Waals surface area contributed by atoms with E-state index in [1.807, 2.05) is 24.3 Å². The monoisotopic (exact) mass is 329 g/mol. The molecule has 0 spiro atoms. The molecular weight excluding hydrogens is 314 g/mol. The van der Waals surface area contributed by atoms with Gasteiger partial charge < -0.3 is 0 Å². The van der Waals surface area contributed by atoms with E-state index in [1.54, 1.807) is 7.05 Å². The predicted octanol–water partition coefficient (Wildman–Crippen LogP) is 3.81. The van der Waals surface area contributed by atoms with Crippen LogP contribution in [0.3, 0.4) is 0 Å². The van der Waals surface area contributed by atoms with Gasteiger partial charge in [0.25, 0.3) is 0 Å². The number of nitrogens with zero attached hydrogens (tertiary/aromatic N) is 1. The highest BCUT2D eigenvalue weighted by Crippen LogP contribution is 2.38. The van der Waals surface area contributed by atoms with Crippen LogP contribution in [0.2, 0.25) is 0 Å². The third-order valence-corrected chi connectivity index (χ3v) is 7.73. The first kappa shape index (κ1) is 14.3. The van der Waals surface area contributed by atoms with Crippen LogP contribution in [0.1, 0.15) is 24.1 Å². The van der Waals surface area contributed by atoms with Gasteiger partial charge in [-0.05, 0) is 18.9 Å². The Morgan fingerprint density at radius 2 is 2.05 bits per heavy atom. The van der Waals surface area contributed by atoms with Crippen molar-refractivity contribution in [3.05, 3.63) is 29.1 Å². The molecule has 0 radical (unpaired) electrons. The zero-order valence-corrected chi connectivity index (χ0v) is 13.6. The number of sulfonamides is 1. The standard InChI is InChI=1S/C14H16ClNO2S2/c1-16(10-5-4-6-10)20(17,18)14-11-7-2-3-8-12(11)19-13(14)9-15/h2-3,7-8,10H,4-6,9H2,1H3. The number of hydrogen-bond donors (Lipinski definition) is 0. The van der Waals surface area contributed by atoms with E-state index < -0.39 is 10.0 Å². The molecule has 1 aliphatic carbocycles. The lowest BCUT2D eigenvalue weighted by Crippen LogP contribution is -2.41. The van der Waals surface area contributed by atoms with Gasteiger partial charge in [-0.25, -0.2) is 8.42 Å². The fourth-order valence-electron chi connectivity index (χ4n) is 2.53. The van der Waals surface area contributed by atoms with Crippen LogP contribution >= 0.6 is 22.9 Å². The molecule has 1 aromatic carbocycles. The molecule has 6 heteroatoms. The molecular formula is C14H16ClNO2S2. The Bertz CT molecular complexity index is 735. The van der Waals surface area contributed by atoms with Crippen molar-refractivity contribution in [2.24, 2.45) is 0 Å². The molecule has 0 N–H and O–H groups in total. The number of rotatable bonds is 4. The van der Waals surface area contributed by atoms with Crippen LogP contribution in [-0.2, 0) is 15.9 Å². The third kappa shape index (κ3) is 2.17. The van der Waals surface area contributed by atoms with Crippen LogP contribution in [0.5, 0.6) is 0 Å². The Morgan fingerprint density at radius 1 is 1.35 bits per heavy atom. The number of thiophene rings is 1. The first-order valence-corrected chi connectivity index (χ1v) is 9.39. The van der Waals surface area contributed by atoms with E-state index >= 15 is 0 Å². The topological polar surface area (TPSA) is 37.4 Å². The molecule has 108 valence electrons. The van der Waals surface area contributed by atoms with Gasteiger partial charge in [-0.1, -0.05) is 24.6 Å². The maximum Gasteiger partial charge on any atom is 0.244 e. The Labute approximate surface area is 128 Å². The zero-order chi connectivity index (χ0) is 14.3. The summed E-state index contributed by atoms with van der Waals surface area (Å²) in [6, 6.07) is 7.74. The Morgan fingerprint density at radius 3 is 2.65 bits per heavy atom. The maximum atomic E-state index is 12.9. The van der Waals surface area contributed by atoms with Gasteiger partial charge in [0, 0.05) is 28.1 Å². The molecule has 0 bridgehead atoms. The second kappa shape index (κ2) is 5.30. The van der Waals surface area contributed by atoms with Gasteiger partial charge in [0.2, 0.25) is 10.0 Å². The van der Waals surface area contributed by atoms with Crippen LogP contribution in [0.4, 0.5) is 0 Å². The fourth-order valence-corrected chi connectivity index (χ4v) is 6.07. The highest BCUT2D eigenvalue weighted by Gasteiger charge is 2.34. The number of fused-ring (bicyclic) bond motifs is 1.